The van der Waals surface area contributed by atoms with Crippen LogP contribution in [0.15, 0.2) is 35.2 Å². The number of rotatable bonds is 4. The Morgan fingerprint density at radius 2 is 1.72 bits per heavy atom. The maximum absolute atomic E-state index is 12.7. The molecule has 1 aliphatic heterocycles. The Kier molecular flexibility index (Phi) is 4.58. The summed E-state index contributed by atoms with van der Waals surface area (Å²) in [5.74, 6) is 1.57. The molecule has 1 amide bonds. The van der Waals surface area contributed by atoms with Gasteiger partial charge >= 0.3 is 0 Å². The number of piperidine rings is 1. The van der Waals surface area contributed by atoms with Crippen LogP contribution in [-0.2, 0) is 14.8 Å². The van der Waals surface area contributed by atoms with E-state index < -0.39 is 10.0 Å². The van der Waals surface area contributed by atoms with E-state index in [9.17, 15) is 13.2 Å². The number of carbonyl (C=O) groups excluding carboxylic acids is 1. The molecule has 2 aliphatic carbocycles. The first-order valence-electron chi connectivity index (χ1n) is 9.39. The number of hydrogen-bond acceptors (Lipinski definition) is 3. The second kappa shape index (κ2) is 6.72. The van der Waals surface area contributed by atoms with Crippen LogP contribution in [0.3, 0.4) is 0 Å². The third-order valence-electron chi connectivity index (χ3n) is 6.27. The van der Waals surface area contributed by atoms with Crippen molar-refractivity contribution in [2.24, 2.45) is 17.8 Å². The number of nitrogens with zero attached hydrogens (tertiary/aromatic N) is 1. The molecule has 25 heavy (non-hydrogen) atoms. The van der Waals surface area contributed by atoms with E-state index in [1.54, 1.807) is 24.3 Å². The lowest BCUT2D eigenvalue weighted by Crippen LogP contribution is -2.46. The number of sulfonamides is 1. The molecule has 3 aliphatic rings. The van der Waals surface area contributed by atoms with Gasteiger partial charge in [0.15, 0.2) is 0 Å². The Labute approximate surface area is 149 Å². The van der Waals surface area contributed by atoms with Crippen LogP contribution in [-0.4, -0.2) is 37.8 Å². The van der Waals surface area contributed by atoms with Crippen molar-refractivity contribution in [3.05, 3.63) is 30.3 Å². The van der Waals surface area contributed by atoms with Gasteiger partial charge in [-0.3, -0.25) is 4.79 Å². The molecule has 1 aromatic rings. The minimum atomic E-state index is -3.44. The molecule has 3 atom stereocenters. The van der Waals surface area contributed by atoms with Crippen molar-refractivity contribution >= 4 is 15.9 Å². The first kappa shape index (κ1) is 17.0. The van der Waals surface area contributed by atoms with Gasteiger partial charge in [0.2, 0.25) is 15.9 Å². The normalized spacial score (nSPS) is 30.5. The van der Waals surface area contributed by atoms with E-state index >= 15 is 0 Å². The number of hydrogen-bond donors (Lipinski definition) is 1. The number of fused-ring (bicyclic) bond motifs is 2. The highest BCUT2D eigenvalue weighted by Crippen LogP contribution is 2.44. The fourth-order valence-corrected chi connectivity index (χ4v) is 6.31. The molecule has 4 rings (SSSR count). The SMILES string of the molecule is O=C(N[C@H]1C[C@H]2CC[C@H]1C2)C1CCN(S(=O)(=O)c2ccccc2)CC1. The second-order valence-corrected chi connectivity index (χ2v) is 9.72. The Balaban J connectivity index is 1.33. The van der Waals surface area contributed by atoms with Crippen LogP contribution in [0.2, 0.25) is 0 Å². The molecule has 0 spiro atoms. The summed E-state index contributed by atoms with van der Waals surface area (Å²) in [7, 11) is -3.44. The van der Waals surface area contributed by atoms with E-state index in [0.29, 0.717) is 42.8 Å². The van der Waals surface area contributed by atoms with E-state index in [2.05, 4.69) is 5.32 Å². The van der Waals surface area contributed by atoms with Crippen molar-refractivity contribution in [1.82, 2.24) is 9.62 Å². The highest BCUT2D eigenvalue weighted by atomic mass is 32.2. The van der Waals surface area contributed by atoms with Gasteiger partial charge in [0.05, 0.1) is 4.90 Å². The molecule has 0 radical (unpaired) electrons. The molecule has 2 bridgehead atoms. The summed E-state index contributed by atoms with van der Waals surface area (Å²) in [5, 5.41) is 3.26. The number of nitrogens with one attached hydrogen (secondary N) is 1. The lowest BCUT2D eigenvalue weighted by Gasteiger charge is -2.32. The number of amides is 1. The smallest absolute Gasteiger partial charge is 0.243 e. The average Bonchev–Trinajstić information content (AvgIpc) is 3.25. The molecule has 3 fully saturated rings. The highest BCUT2D eigenvalue weighted by Gasteiger charge is 2.41. The van der Waals surface area contributed by atoms with Crippen LogP contribution in [0.25, 0.3) is 0 Å². The quantitative estimate of drug-likeness (QED) is 0.894. The van der Waals surface area contributed by atoms with Gasteiger partial charge in [0.25, 0.3) is 0 Å². The fourth-order valence-electron chi connectivity index (χ4n) is 4.82. The van der Waals surface area contributed by atoms with Gasteiger partial charge in [-0.2, -0.15) is 4.31 Å². The predicted octanol–water partition coefficient (Wildman–Crippen LogP) is 2.39. The van der Waals surface area contributed by atoms with Crippen molar-refractivity contribution in [2.75, 3.05) is 13.1 Å². The lowest BCUT2D eigenvalue weighted by atomic mass is 9.93. The maximum Gasteiger partial charge on any atom is 0.243 e. The van der Waals surface area contributed by atoms with Crippen LogP contribution >= 0.6 is 0 Å². The Morgan fingerprint density at radius 1 is 1.00 bits per heavy atom. The summed E-state index contributed by atoms with van der Waals surface area (Å²) in [6, 6.07) is 8.90. The molecule has 1 aromatic carbocycles. The molecule has 6 heteroatoms. The summed E-state index contributed by atoms with van der Waals surface area (Å²) < 4.78 is 26.8. The average molecular weight is 362 g/mol. The summed E-state index contributed by atoms with van der Waals surface area (Å²) in [6.07, 6.45) is 6.21. The summed E-state index contributed by atoms with van der Waals surface area (Å²) in [6.45, 7) is 0.845. The van der Waals surface area contributed by atoms with Gasteiger partial charge in [-0.25, -0.2) is 8.42 Å². The summed E-state index contributed by atoms with van der Waals surface area (Å²) in [4.78, 5) is 12.9. The van der Waals surface area contributed by atoms with Crippen LogP contribution in [0, 0.1) is 17.8 Å². The van der Waals surface area contributed by atoms with Gasteiger partial charge in [0.1, 0.15) is 0 Å². The van der Waals surface area contributed by atoms with E-state index in [4.69, 9.17) is 0 Å². The van der Waals surface area contributed by atoms with E-state index in [-0.39, 0.29) is 11.8 Å². The predicted molar refractivity (Wildman–Crippen MR) is 95.3 cm³/mol. The maximum atomic E-state index is 12.7. The standard InChI is InChI=1S/C19H26N2O3S/c22-19(20-18-13-14-6-7-16(18)12-14)15-8-10-21(11-9-15)25(23,24)17-4-2-1-3-5-17/h1-5,14-16,18H,6-13H2,(H,20,22)/t14-,16-,18-/m0/s1. The van der Waals surface area contributed by atoms with Crippen LogP contribution in [0.4, 0.5) is 0 Å². The highest BCUT2D eigenvalue weighted by molar-refractivity contribution is 7.89. The van der Waals surface area contributed by atoms with Crippen LogP contribution < -0.4 is 5.32 Å². The first-order chi connectivity index (χ1) is 12.0. The zero-order valence-electron chi connectivity index (χ0n) is 14.4. The Hall–Kier alpha value is -1.40. The van der Waals surface area contributed by atoms with Gasteiger partial charge < -0.3 is 5.32 Å². The van der Waals surface area contributed by atoms with Crippen LogP contribution in [0.1, 0.15) is 38.5 Å². The minimum Gasteiger partial charge on any atom is -0.353 e. The van der Waals surface area contributed by atoms with Crippen molar-refractivity contribution in [3.63, 3.8) is 0 Å². The van der Waals surface area contributed by atoms with Crippen molar-refractivity contribution in [3.8, 4) is 0 Å². The van der Waals surface area contributed by atoms with E-state index in [1.807, 2.05) is 6.07 Å². The molecule has 1 heterocycles. The number of carbonyl (C=O) groups is 1. The molecule has 1 saturated heterocycles. The molecule has 1 N–H and O–H groups in total. The topological polar surface area (TPSA) is 66.5 Å². The largest absolute Gasteiger partial charge is 0.353 e. The third-order valence-corrected chi connectivity index (χ3v) is 8.18. The van der Waals surface area contributed by atoms with Gasteiger partial charge in [-0.05, 0) is 56.1 Å². The van der Waals surface area contributed by atoms with Gasteiger partial charge in [-0.1, -0.05) is 24.6 Å². The monoisotopic (exact) mass is 362 g/mol. The Bertz CT molecular complexity index is 726. The van der Waals surface area contributed by atoms with Crippen LogP contribution in [0.5, 0.6) is 0 Å². The van der Waals surface area contributed by atoms with Gasteiger partial charge in [0, 0.05) is 25.0 Å². The van der Waals surface area contributed by atoms with Crippen molar-refractivity contribution in [1.29, 1.82) is 0 Å². The first-order valence-corrected chi connectivity index (χ1v) is 10.8. The molecule has 5 nitrogen and oxygen atoms in total. The third kappa shape index (κ3) is 3.34. The summed E-state index contributed by atoms with van der Waals surface area (Å²) >= 11 is 0. The molecule has 2 saturated carbocycles. The minimum absolute atomic E-state index is 0.0543. The second-order valence-electron chi connectivity index (χ2n) is 7.78. The zero-order chi connectivity index (χ0) is 17.4. The van der Waals surface area contributed by atoms with Crippen molar-refractivity contribution in [2.45, 2.75) is 49.5 Å². The van der Waals surface area contributed by atoms with Crippen molar-refractivity contribution < 1.29 is 13.2 Å². The summed E-state index contributed by atoms with van der Waals surface area (Å²) in [5.41, 5.74) is 0. The molecular weight excluding hydrogens is 336 g/mol. The zero-order valence-corrected chi connectivity index (χ0v) is 15.2. The van der Waals surface area contributed by atoms with E-state index in [1.165, 1.54) is 23.6 Å². The molecule has 0 aromatic heterocycles. The Morgan fingerprint density at radius 3 is 2.32 bits per heavy atom. The lowest BCUT2D eigenvalue weighted by molar-refractivity contribution is -0.127. The molecule has 136 valence electrons. The number of benzene rings is 1. The fraction of sp³-hybridized carbons (Fsp3) is 0.632. The molecule has 0 unspecified atom stereocenters. The molecular formula is C19H26N2O3S. The van der Waals surface area contributed by atoms with E-state index in [0.717, 1.165) is 12.3 Å². The van der Waals surface area contributed by atoms with Gasteiger partial charge in [-0.15, -0.1) is 0 Å².